The standard InChI is InChI=1S/C21H28N4O2/c1-15(2)17-7-5-16(6-8-17)13-21(26)25-12-11-18(14-25)27-20-10-9-19(22-23-20)24(3)4/h5-10,15,18H,11-14H2,1-4H3. The van der Waals surface area contributed by atoms with Crippen LogP contribution in [0.4, 0.5) is 5.82 Å². The molecule has 6 nitrogen and oxygen atoms in total. The molecule has 6 heteroatoms. The zero-order valence-corrected chi connectivity index (χ0v) is 16.6. The van der Waals surface area contributed by atoms with Crippen LogP contribution in [0.2, 0.25) is 0 Å². The van der Waals surface area contributed by atoms with Gasteiger partial charge in [0, 0.05) is 33.1 Å². The molecule has 1 aromatic heterocycles. The van der Waals surface area contributed by atoms with Gasteiger partial charge >= 0.3 is 0 Å². The predicted molar refractivity (Wildman–Crippen MR) is 106 cm³/mol. The van der Waals surface area contributed by atoms with Crippen molar-refractivity contribution in [3.63, 3.8) is 0 Å². The Bertz CT molecular complexity index is 757. The zero-order chi connectivity index (χ0) is 19.4. The molecule has 27 heavy (non-hydrogen) atoms. The molecule has 0 saturated carbocycles. The third-order valence-electron chi connectivity index (χ3n) is 4.87. The van der Waals surface area contributed by atoms with E-state index in [2.05, 4.69) is 48.3 Å². The van der Waals surface area contributed by atoms with Crippen molar-refractivity contribution in [2.75, 3.05) is 32.1 Å². The number of carbonyl (C=O) groups is 1. The van der Waals surface area contributed by atoms with Crippen LogP contribution in [0, 0.1) is 0 Å². The summed E-state index contributed by atoms with van der Waals surface area (Å²) in [6.07, 6.45) is 1.22. The predicted octanol–water partition coefficient (Wildman–Crippen LogP) is 2.89. The van der Waals surface area contributed by atoms with E-state index in [9.17, 15) is 4.79 Å². The van der Waals surface area contributed by atoms with Gasteiger partial charge in [-0.15, -0.1) is 10.2 Å². The first-order valence-electron chi connectivity index (χ1n) is 9.46. The van der Waals surface area contributed by atoms with Crippen LogP contribution >= 0.6 is 0 Å². The maximum atomic E-state index is 12.6. The van der Waals surface area contributed by atoms with Crippen molar-refractivity contribution in [1.82, 2.24) is 15.1 Å². The molecule has 0 spiro atoms. The van der Waals surface area contributed by atoms with Gasteiger partial charge in [0.25, 0.3) is 0 Å². The van der Waals surface area contributed by atoms with E-state index >= 15 is 0 Å². The minimum atomic E-state index is -0.0308. The Kier molecular flexibility index (Phi) is 5.94. The van der Waals surface area contributed by atoms with Crippen molar-refractivity contribution in [2.24, 2.45) is 0 Å². The van der Waals surface area contributed by atoms with Crippen LogP contribution in [0.1, 0.15) is 37.3 Å². The molecule has 1 aliphatic rings. The van der Waals surface area contributed by atoms with Gasteiger partial charge in [0.2, 0.25) is 11.8 Å². The van der Waals surface area contributed by atoms with E-state index in [1.165, 1.54) is 5.56 Å². The van der Waals surface area contributed by atoms with E-state index < -0.39 is 0 Å². The minimum Gasteiger partial charge on any atom is -0.471 e. The highest BCUT2D eigenvalue weighted by atomic mass is 16.5. The zero-order valence-electron chi connectivity index (χ0n) is 16.6. The lowest BCUT2D eigenvalue weighted by Gasteiger charge is -2.17. The quantitative estimate of drug-likeness (QED) is 0.785. The minimum absolute atomic E-state index is 0.0308. The lowest BCUT2D eigenvalue weighted by molar-refractivity contribution is -0.129. The summed E-state index contributed by atoms with van der Waals surface area (Å²) in [5, 5.41) is 8.23. The van der Waals surface area contributed by atoms with Crippen molar-refractivity contribution in [3.05, 3.63) is 47.5 Å². The van der Waals surface area contributed by atoms with Crippen molar-refractivity contribution < 1.29 is 9.53 Å². The first-order chi connectivity index (χ1) is 12.9. The van der Waals surface area contributed by atoms with E-state index in [1.807, 2.05) is 36.0 Å². The molecule has 0 bridgehead atoms. The van der Waals surface area contributed by atoms with Crippen molar-refractivity contribution in [3.8, 4) is 5.88 Å². The average molecular weight is 368 g/mol. The van der Waals surface area contributed by atoms with Crippen LogP contribution < -0.4 is 9.64 Å². The molecule has 0 radical (unpaired) electrons. The molecule has 1 aromatic carbocycles. The second-order valence-electron chi connectivity index (χ2n) is 7.57. The Hall–Kier alpha value is -2.63. The van der Waals surface area contributed by atoms with Gasteiger partial charge in [-0.25, -0.2) is 0 Å². The summed E-state index contributed by atoms with van der Waals surface area (Å²) in [4.78, 5) is 16.4. The first-order valence-corrected chi connectivity index (χ1v) is 9.46. The summed E-state index contributed by atoms with van der Waals surface area (Å²) in [7, 11) is 3.84. The highest BCUT2D eigenvalue weighted by molar-refractivity contribution is 5.79. The fraction of sp³-hybridized carbons (Fsp3) is 0.476. The van der Waals surface area contributed by atoms with Gasteiger partial charge in [0.05, 0.1) is 13.0 Å². The molecule has 1 aliphatic heterocycles. The normalized spacial score (nSPS) is 16.6. The van der Waals surface area contributed by atoms with Gasteiger partial charge in [-0.3, -0.25) is 4.79 Å². The Labute approximate surface area is 161 Å². The van der Waals surface area contributed by atoms with Crippen LogP contribution in [0.15, 0.2) is 36.4 Å². The molecule has 1 unspecified atom stereocenters. The first kappa shape index (κ1) is 19.1. The number of hydrogen-bond acceptors (Lipinski definition) is 5. The highest BCUT2D eigenvalue weighted by Gasteiger charge is 2.28. The van der Waals surface area contributed by atoms with Crippen molar-refractivity contribution in [2.45, 2.75) is 38.7 Å². The molecule has 2 aromatic rings. The Morgan fingerprint density at radius 2 is 1.93 bits per heavy atom. The number of carbonyl (C=O) groups excluding carboxylic acids is 1. The molecule has 1 amide bonds. The summed E-state index contributed by atoms with van der Waals surface area (Å²) in [5.41, 5.74) is 2.35. The number of nitrogens with zero attached hydrogens (tertiary/aromatic N) is 4. The molecule has 1 fully saturated rings. The average Bonchev–Trinajstić information content (AvgIpc) is 3.11. The van der Waals surface area contributed by atoms with Gasteiger partial charge in [-0.2, -0.15) is 0 Å². The molecular weight excluding hydrogens is 340 g/mol. The summed E-state index contributed by atoms with van der Waals surface area (Å²) in [6, 6.07) is 12.0. The molecule has 2 heterocycles. The summed E-state index contributed by atoms with van der Waals surface area (Å²) in [5.74, 6) is 1.94. The maximum Gasteiger partial charge on any atom is 0.233 e. The fourth-order valence-corrected chi connectivity index (χ4v) is 3.14. The number of hydrogen-bond donors (Lipinski definition) is 0. The molecule has 0 N–H and O–H groups in total. The number of benzene rings is 1. The largest absolute Gasteiger partial charge is 0.471 e. The van der Waals surface area contributed by atoms with Crippen LogP contribution in [-0.4, -0.2) is 54.3 Å². The molecule has 3 rings (SSSR count). The van der Waals surface area contributed by atoms with E-state index in [0.29, 0.717) is 24.8 Å². The maximum absolute atomic E-state index is 12.6. The lowest BCUT2D eigenvalue weighted by Crippen LogP contribution is -2.32. The Morgan fingerprint density at radius 3 is 2.52 bits per heavy atom. The van der Waals surface area contributed by atoms with Gasteiger partial charge in [-0.05, 0) is 23.1 Å². The number of anilines is 1. The fourth-order valence-electron chi connectivity index (χ4n) is 3.14. The van der Waals surface area contributed by atoms with Crippen LogP contribution in [0.25, 0.3) is 0 Å². The van der Waals surface area contributed by atoms with E-state index in [1.54, 1.807) is 0 Å². The number of aromatic nitrogens is 2. The Balaban J connectivity index is 1.51. The SMILES string of the molecule is CC(C)c1ccc(CC(=O)N2CCC(Oc3ccc(N(C)C)nn3)C2)cc1. The smallest absolute Gasteiger partial charge is 0.233 e. The summed E-state index contributed by atoms with van der Waals surface area (Å²) in [6.45, 7) is 5.66. The Morgan fingerprint density at radius 1 is 1.19 bits per heavy atom. The highest BCUT2D eigenvalue weighted by Crippen LogP contribution is 2.19. The van der Waals surface area contributed by atoms with Crippen molar-refractivity contribution in [1.29, 1.82) is 0 Å². The monoisotopic (exact) mass is 368 g/mol. The third-order valence-corrected chi connectivity index (χ3v) is 4.87. The lowest BCUT2D eigenvalue weighted by atomic mass is 10.0. The van der Waals surface area contributed by atoms with Crippen LogP contribution in [0.3, 0.4) is 0 Å². The van der Waals surface area contributed by atoms with Gasteiger partial charge in [0.1, 0.15) is 6.10 Å². The third kappa shape index (κ3) is 4.96. The number of likely N-dealkylation sites (tertiary alicyclic amines) is 1. The summed E-state index contributed by atoms with van der Waals surface area (Å²) < 4.78 is 5.90. The van der Waals surface area contributed by atoms with E-state index in [0.717, 1.165) is 24.3 Å². The number of rotatable bonds is 6. The molecular formula is C21H28N4O2. The van der Waals surface area contributed by atoms with Gasteiger partial charge in [-0.1, -0.05) is 38.1 Å². The second-order valence-corrected chi connectivity index (χ2v) is 7.57. The molecule has 1 saturated heterocycles. The summed E-state index contributed by atoms with van der Waals surface area (Å²) >= 11 is 0. The van der Waals surface area contributed by atoms with Crippen molar-refractivity contribution >= 4 is 11.7 Å². The van der Waals surface area contributed by atoms with E-state index in [4.69, 9.17) is 4.74 Å². The van der Waals surface area contributed by atoms with E-state index in [-0.39, 0.29) is 12.0 Å². The van der Waals surface area contributed by atoms with Crippen LogP contribution in [0.5, 0.6) is 5.88 Å². The molecule has 0 aliphatic carbocycles. The van der Waals surface area contributed by atoms with Gasteiger partial charge in [0.15, 0.2) is 5.82 Å². The second kappa shape index (κ2) is 8.37. The molecule has 1 atom stereocenters. The topological polar surface area (TPSA) is 58.6 Å². The number of ether oxygens (including phenoxy) is 1. The number of amides is 1. The molecule has 144 valence electrons. The van der Waals surface area contributed by atoms with Gasteiger partial charge < -0.3 is 14.5 Å². The van der Waals surface area contributed by atoms with Crippen LogP contribution in [-0.2, 0) is 11.2 Å².